The molecule has 0 radical (unpaired) electrons. The van der Waals surface area contributed by atoms with Crippen molar-refractivity contribution >= 4 is 29.2 Å². The van der Waals surface area contributed by atoms with Gasteiger partial charge in [0.05, 0.1) is 5.69 Å². The summed E-state index contributed by atoms with van der Waals surface area (Å²) >= 11 is 5.68. The second kappa shape index (κ2) is 5.45. The van der Waals surface area contributed by atoms with E-state index >= 15 is 0 Å². The van der Waals surface area contributed by atoms with E-state index in [1.807, 2.05) is 0 Å². The minimum atomic E-state index is -1.22. The number of aromatic carboxylic acids is 1. The Kier molecular flexibility index (Phi) is 3.72. The molecule has 1 amide bonds. The number of carboxylic acid groups (broad SMARTS) is 1. The summed E-state index contributed by atoms with van der Waals surface area (Å²) in [7, 11) is 0. The number of amides is 1. The predicted octanol–water partition coefficient (Wildman–Crippen LogP) is 2.08. The van der Waals surface area contributed by atoms with Gasteiger partial charge >= 0.3 is 5.97 Å². The molecule has 96 valence electrons. The summed E-state index contributed by atoms with van der Waals surface area (Å²) in [6, 6.07) is 5.84. The lowest BCUT2D eigenvalue weighted by Crippen LogP contribution is -2.15. The van der Waals surface area contributed by atoms with E-state index in [2.05, 4.69) is 15.3 Å². The lowest BCUT2D eigenvalue weighted by Gasteiger charge is -2.07. The van der Waals surface area contributed by atoms with Crippen molar-refractivity contribution in [2.24, 2.45) is 0 Å². The van der Waals surface area contributed by atoms with Gasteiger partial charge < -0.3 is 10.4 Å². The van der Waals surface area contributed by atoms with Gasteiger partial charge in [-0.1, -0.05) is 11.6 Å². The fourth-order valence-electron chi connectivity index (χ4n) is 1.41. The van der Waals surface area contributed by atoms with Crippen molar-refractivity contribution in [3.8, 4) is 0 Å². The molecular weight excluding hydrogens is 270 g/mol. The molecule has 0 fully saturated rings. The van der Waals surface area contributed by atoms with Crippen LogP contribution in [0.15, 0.2) is 36.7 Å². The quantitative estimate of drug-likeness (QED) is 0.838. The van der Waals surface area contributed by atoms with Crippen LogP contribution in [0.3, 0.4) is 0 Å². The number of halogens is 1. The van der Waals surface area contributed by atoms with Gasteiger partial charge in [-0.3, -0.25) is 4.79 Å². The molecule has 2 N–H and O–H groups in total. The molecule has 2 heterocycles. The third-order valence-electron chi connectivity index (χ3n) is 2.25. The summed E-state index contributed by atoms with van der Waals surface area (Å²) in [5.74, 6) is -1.71. The topological polar surface area (TPSA) is 92.2 Å². The van der Waals surface area contributed by atoms with Crippen molar-refractivity contribution in [2.45, 2.75) is 0 Å². The second-order valence-electron chi connectivity index (χ2n) is 3.53. The summed E-state index contributed by atoms with van der Waals surface area (Å²) in [6.45, 7) is 0. The molecule has 0 aliphatic rings. The Balaban J connectivity index is 2.27. The molecular formula is C12H8ClN3O3. The maximum atomic E-state index is 11.9. The van der Waals surface area contributed by atoms with Crippen LogP contribution in [0.25, 0.3) is 0 Å². The summed E-state index contributed by atoms with van der Waals surface area (Å²) in [5.41, 5.74) is 0.170. The Morgan fingerprint density at radius 1 is 1.21 bits per heavy atom. The average molecular weight is 278 g/mol. The molecule has 0 bridgehead atoms. The van der Waals surface area contributed by atoms with E-state index < -0.39 is 11.9 Å². The Labute approximate surface area is 113 Å². The van der Waals surface area contributed by atoms with E-state index in [0.29, 0.717) is 0 Å². The normalized spacial score (nSPS) is 9.95. The van der Waals surface area contributed by atoms with Crippen LogP contribution in [0, 0.1) is 0 Å². The summed E-state index contributed by atoms with van der Waals surface area (Å²) < 4.78 is 0. The third-order valence-corrected chi connectivity index (χ3v) is 2.45. The van der Waals surface area contributed by atoms with Gasteiger partial charge in [0.1, 0.15) is 5.15 Å². The van der Waals surface area contributed by atoms with Crippen LogP contribution in [0.5, 0.6) is 0 Å². The molecule has 2 rings (SSSR count). The van der Waals surface area contributed by atoms with E-state index in [4.69, 9.17) is 16.7 Å². The van der Waals surface area contributed by atoms with E-state index in [-0.39, 0.29) is 22.1 Å². The van der Waals surface area contributed by atoms with Crippen LogP contribution in [0.1, 0.15) is 20.8 Å². The number of hydrogen-bond acceptors (Lipinski definition) is 4. The number of pyridine rings is 2. The van der Waals surface area contributed by atoms with Gasteiger partial charge in [-0.15, -0.1) is 0 Å². The van der Waals surface area contributed by atoms with Gasteiger partial charge in [0, 0.05) is 18.0 Å². The number of carbonyl (C=O) groups excluding carboxylic acids is 1. The number of rotatable bonds is 3. The average Bonchev–Trinajstić information content (AvgIpc) is 2.39. The maximum Gasteiger partial charge on any atom is 0.356 e. The second-order valence-corrected chi connectivity index (χ2v) is 3.91. The van der Waals surface area contributed by atoms with E-state index in [1.165, 1.54) is 36.7 Å². The molecule has 2 aromatic rings. The smallest absolute Gasteiger partial charge is 0.356 e. The fourth-order valence-corrected chi connectivity index (χ4v) is 1.59. The van der Waals surface area contributed by atoms with E-state index in [1.54, 1.807) is 0 Å². The molecule has 0 aliphatic heterocycles. The molecule has 19 heavy (non-hydrogen) atoms. The first-order chi connectivity index (χ1) is 9.08. The molecule has 0 saturated heterocycles. The van der Waals surface area contributed by atoms with E-state index in [0.717, 1.165) is 0 Å². The molecule has 0 aliphatic carbocycles. The highest BCUT2D eigenvalue weighted by Crippen LogP contribution is 2.14. The van der Waals surface area contributed by atoms with Crippen LogP contribution < -0.4 is 5.32 Å². The predicted molar refractivity (Wildman–Crippen MR) is 68.4 cm³/mol. The maximum absolute atomic E-state index is 11.9. The number of nitrogens with zero attached hydrogens (tertiary/aromatic N) is 2. The van der Waals surface area contributed by atoms with Gasteiger partial charge in [0.25, 0.3) is 5.91 Å². The van der Waals surface area contributed by atoms with Crippen molar-refractivity contribution < 1.29 is 14.7 Å². The first kappa shape index (κ1) is 13.0. The molecule has 7 heteroatoms. The summed E-state index contributed by atoms with van der Waals surface area (Å²) in [6.07, 6.45) is 2.72. The van der Waals surface area contributed by atoms with Crippen molar-refractivity contribution in [3.05, 3.63) is 53.1 Å². The zero-order valence-electron chi connectivity index (χ0n) is 9.50. The van der Waals surface area contributed by atoms with Crippen molar-refractivity contribution in [1.29, 1.82) is 0 Å². The Bertz CT molecular complexity index is 646. The fraction of sp³-hybridized carbons (Fsp3) is 0. The highest BCUT2D eigenvalue weighted by Gasteiger charge is 2.14. The number of carbonyl (C=O) groups is 2. The van der Waals surface area contributed by atoms with Crippen molar-refractivity contribution in [3.63, 3.8) is 0 Å². The molecule has 0 unspecified atom stereocenters. The molecule has 0 saturated carbocycles. The van der Waals surface area contributed by atoms with Crippen LogP contribution in [0.2, 0.25) is 5.15 Å². The lowest BCUT2D eigenvalue weighted by atomic mass is 10.2. The minimum Gasteiger partial charge on any atom is -0.476 e. The van der Waals surface area contributed by atoms with Gasteiger partial charge in [-0.25, -0.2) is 14.8 Å². The first-order valence-electron chi connectivity index (χ1n) is 5.19. The van der Waals surface area contributed by atoms with Crippen molar-refractivity contribution in [2.75, 3.05) is 5.32 Å². The summed E-state index contributed by atoms with van der Waals surface area (Å²) in [4.78, 5) is 30.3. The van der Waals surface area contributed by atoms with Crippen LogP contribution in [-0.4, -0.2) is 27.0 Å². The SMILES string of the molecule is O=C(Nc1cccnc1C(=O)O)c1ccnc(Cl)c1. The molecule has 2 aromatic heterocycles. The van der Waals surface area contributed by atoms with Gasteiger partial charge in [-0.05, 0) is 24.3 Å². The number of aromatic nitrogens is 2. The monoisotopic (exact) mass is 277 g/mol. The molecule has 0 spiro atoms. The zero-order chi connectivity index (χ0) is 13.8. The number of carboxylic acids is 1. The highest BCUT2D eigenvalue weighted by atomic mass is 35.5. The summed E-state index contributed by atoms with van der Waals surface area (Å²) in [5, 5.41) is 11.6. The number of hydrogen-bond donors (Lipinski definition) is 2. The zero-order valence-corrected chi connectivity index (χ0v) is 10.3. The lowest BCUT2D eigenvalue weighted by molar-refractivity contribution is 0.0692. The Morgan fingerprint density at radius 2 is 2.00 bits per heavy atom. The molecule has 6 nitrogen and oxygen atoms in total. The van der Waals surface area contributed by atoms with Crippen molar-refractivity contribution in [1.82, 2.24) is 9.97 Å². The Hall–Kier alpha value is -2.47. The number of nitrogens with one attached hydrogen (secondary N) is 1. The van der Waals surface area contributed by atoms with Gasteiger partial charge in [0.15, 0.2) is 5.69 Å². The third kappa shape index (κ3) is 3.05. The van der Waals surface area contributed by atoms with E-state index in [9.17, 15) is 9.59 Å². The highest BCUT2D eigenvalue weighted by molar-refractivity contribution is 6.29. The largest absolute Gasteiger partial charge is 0.476 e. The number of anilines is 1. The van der Waals surface area contributed by atoms with Crippen LogP contribution in [-0.2, 0) is 0 Å². The Morgan fingerprint density at radius 3 is 2.68 bits per heavy atom. The van der Waals surface area contributed by atoms with Crippen LogP contribution >= 0.6 is 11.6 Å². The van der Waals surface area contributed by atoms with Gasteiger partial charge in [0.2, 0.25) is 0 Å². The standard InChI is InChI=1S/C12H8ClN3O3/c13-9-6-7(3-5-14-9)11(17)16-8-2-1-4-15-10(8)12(18)19/h1-6H,(H,16,17)(H,18,19). The minimum absolute atomic E-state index is 0.118. The molecule has 0 aromatic carbocycles. The van der Waals surface area contributed by atoms with Crippen LogP contribution in [0.4, 0.5) is 5.69 Å². The van der Waals surface area contributed by atoms with Gasteiger partial charge in [-0.2, -0.15) is 0 Å². The molecule has 0 atom stereocenters. The first-order valence-corrected chi connectivity index (χ1v) is 5.57.